The fourth-order valence-electron chi connectivity index (χ4n) is 4.33. The number of phenolic OH excluding ortho intramolecular Hbond substituents is 2. The number of benzene rings is 2. The standard InChI is InChI=1S/C25H27F5N6O3/c1-13(2)15-10-16(20(38)11-19(15)37)22-32-33-23(24(39)31-12-25(28,29)30)36(22)21-17(26)8-14(9-18(21)27)35-6-4-34(3)5-7-35/h8-11,13,37-38H,4-7,12H2,1-3H3,(H,31,39). The van der Waals surface area contributed by atoms with Crippen LogP contribution in [0.3, 0.4) is 0 Å². The zero-order valence-electron chi connectivity index (χ0n) is 21.4. The van der Waals surface area contributed by atoms with E-state index >= 15 is 8.78 Å². The summed E-state index contributed by atoms with van der Waals surface area (Å²) < 4.78 is 70.2. The molecular formula is C25H27F5N6O3. The van der Waals surface area contributed by atoms with Crippen molar-refractivity contribution in [3.63, 3.8) is 0 Å². The molecule has 1 fully saturated rings. The zero-order valence-corrected chi connectivity index (χ0v) is 21.4. The van der Waals surface area contributed by atoms with Crippen molar-refractivity contribution >= 4 is 11.6 Å². The van der Waals surface area contributed by atoms with Gasteiger partial charge >= 0.3 is 6.18 Å². The van der Waals surface area contributed by atoms with Crippen LogP contribution in [0.5, 0.6) is 11.5 Å². The molecule has 3 aromatic rings. The van der Waals surface area contributed by atoms with Gasteiger partial charge in [-0.15, -0.1) is 10.2 Å². The molecule has 1 saturated heterocycles. The summed E-state index contributed by atoms with van der Waals surface area (Å²) in [4.78, 5) is 16.6. The van der Waals surface area contributed by atoms with E-state index in [-0.39, 0.29) is 22.9 Å². The topological polar surface area (TPSA) is 107 Å². The highest BCUT2D eigenvalue weighted by molar-refractivity contribution is 5.92. The van der Waals surface area contributed by atoms with Crippen molar-refractivity contribution in [2.75, 3.05) is 44.7 Å². The molecule has 0 aliphatic carbocycles. The number of aromatic nitrogens is 3. The van der Waals surface area contributed by atoms with Crippen molar-refractivity contribution in [2.45, 2.75) is 25.9 Å². The summed E-state index contributed by atoms with van der Waals surface area (Å²) in [6, 6.07) is 4.42. The molecule has 1 aliphatic heterocycles. The fourth-order valence-corrected chi connectivity index (χ4v) is 4.33. The number of carbonyl (C=O) groups is 1. The lowest BCUT2D eigenvalue weighted by Crippen LogP contribution is -2.44. The Morgan fingerprint density at radius 2 is 1.62 bits per heavy atom. The summed E-state index contributed by atoms with van der Waals surface area (Å²) in [6.45, 7) is 4.13. The molecule has 1 aromatic heterocycles. The van der Waals surface area contributed by atoms with Crippen molar-refractivity contribution in [1.29, 1.82) is 0 Å². The molecule has 0 unspecified atom stereocenters. The van der Waals surface area contributed by atoms with E-state index in [1.54, 1.807) is 24.1 Å². The molecular weight excluding hydrogens is 527 g/mol. The highest BCUT2D eigenvalue weighted by Crippen LogP contribution is 2.39. The molecule has 0 atom stereocenters. The van der Waals surface area contributed by atoms with Gasteiger partial charge in [-0.3, -0.25) is 9.36 Å². The van der Waals surface area contributed by atoms with E-state index in [9.17, 15) is 28.2 Å². The van der Waals surface area contributed by atoms with Crippen LogP contribution in [0.25, 0.3) is 17.1 Å². The Labute approximate surface area is 220 Å². The number of carbonyl (C=O) groups excluding carboxylic acids is 1. The van der Waals surface area contributed by atoms with E-state index in [2.05, 4.69) is 15.1 Å². The third-order valence-corrected chi connectivity index (χ3v) is 6.42. The summed E-state index contributed by atoms with van der Waals surface area (Å²) in [5.41, 5.74) is -0.384. The second-order valence-electron chi connectivity index (χ2n) is 9.61. The molecule has 2 aromatic carbocycles. The highest BCUT2D eigenvalue weighted by atomic mass is 19.4. The number of alkyl halides is 3. The average Bonchev–Trinajstić information content (AvgIpc) is 3.26. The Morgan fingerprint density at radius 3 is 2.18 bits per heavy atom. The monoisotopic (exact) mass is 554 g/mol. The van der Waals surface area contributed by atoms with Crippen LogP contribution in [0, 0.1) is 11.6 Å². The van der Waals surface area contributed by atoms with Gasteiger partial charge < -0.3 is 25.3 Å². The number of piperazine rings is 1. The number of rotatable bonds is 6. The molecule has 1 aliphatic rings. The van der Waals surface area contributed by atoms with E-state index in [0.29, 0.717) is 36.3 Å². The van der Waals surface area contributed by atoms with Crippen LogP contribution in [0.1, 0.15) is 35.9 Å². The molecule has 14 heteroatoms. The number of nitrogens with zero attached hydrogens (tertiary/aromatic N) is 5. The zero-order chi connectivity index (χ0) is 28.6. The lowest BCUT2D eigenvalue weighted by molar-refractivity contribution is -0.123. The quantitative estimate of drug-likeness (QED) is 0.398. The van der Waals surface area contributed by atoms with E-state index in [0.717, 1.165) is 18.2 Å². The summed E-state index contributed by atoms with van der Waals surface area (Å²) in [6.07, 6.45) is -4.76. The molecule has 39 heavy (non-hydrogen) atoms. The van der Waals surface area contributed by atoms with Gasteiger partial charge in [-0.25, -0.2) is 8.78 Å². The number of amides is 1. The van der Waals surface area contributed by atoms with E-state index in [4.69, 9.17) is 0 Å². The predicted molar refractivity (Wildman–Crippen MR) is 132 cm³/mol. The molecule has 2 heterocycles. The maximum Gasteiger partial charge on any atom is 0.405 e. The normalized spacial score (nSPS) is 14.7. The van der Waals surface area contributed by atoms with Gasteiger partial charge in [0, 0.05) is 37.9 Å². The van der Waals surface area contributed by atoms with Crippen molar-refractivity contribution < 1.29 is 37.0 Å². The molecule has 210 valence electrons. The van der Waals surface area contributed by atoms with Crippen LogP contribution >= 0.6 is 0 Å². The van der Waals surface area contributed by atoms with Gasteiger partial charge in [0.25, 0.3) is 5.91 Å². The number of hydrogen-bond donors (Lipinski definition) is 3. The lowest BCUT2D eigenvalue weighted by Gasteiger charge is -2.34. The summed E-state index contributed by atoms with van der Waals surface area (Å²) in [5.74, 6) is -5.97. The number of halogens is 5. The van der Waals surface area contributed by atoms with Crippen LogP contribution in [0.2, 0.25) is 0 Å². The minimum absolute atomic E-state index is 0.152. The third-order valence-electron chi connectivity index (χ3n) is 6.42. The molecule has 1 amide bonds. The Balaban J connectivity index is 1.88. The largest absolute Gasteiger partial charge is 0.508 e. The van der Waals surface area contributed by atoms with Crippen LogP contribution in [-0.2, 0) is 0 Å². The van der Waals surface area contributed by atoms with Crippen LogP contribution in [-0.4, -0.2) is 81.7 Å². The number of likely N-dealkylation sites (N-methyl/N-ethyl adjacent to an activating group) is 1. The number of nitrogens with one attached hydrogen (secondary N) is 1. The maximum atomic E-state index is 15.6. The fraction of sp³-hybridized carbons (Fsp3) is 0.400. The van der Waals surface area contributed by atoms with Crippen molar-refractivity contribution in [2.24, 2.45) is 0 Å². The number of anilines is 1. The molecule has 3 N–H and O–H groups in total. The highest BCUT2D eigenvalue weighted by Gasteiger charge is 2.32. The molecule has 0 bridgehead atoms. The van der Waals surface area contributed by atoms with Gasteiger partial charge in [0.2, 0.25) is 5.82 Å². The van der Waals surface area contributed by atoms with Gasteiger partial charge in [0.1, 0.15) is 23.7 Å². The Morgan fingerprint density at radius 1 is 1.00 bits per heavy atom. The first-order valence-corrected chi connectivity index (χ1v) is 12.1. The second kappa shape index (κ2) is 10.7. The summed E-state index contributed by atoms with van der Waals surface area (Å²) in [7, 11) is 1.92. The number of hydrogen-bond acceptors (Lipinski definition) is 7. The second-order valence-corrected chi connectivity index (χ2v) is 9.61. The molecule has 0 radical (unpaired) electrons. The molecule has 9 nitrogen and oxygen atoms in total. The number of aromatic hydroxyl groups is 2. The van der Waals surface area contributed by atoms with Crippen LogP contribution in [0.4, 0.5) is 27.6 Å². The minimum Gasteiger partial charge on any atom is -0.508 e. The first-order valence-electron chi connectivity index (χ1n) is 12.1. The minimum atomic E-state index is -4.76. The van der Waals surface area contributed by atoms with Crippen molar-refractivity contribution in [3.8, 4) is 28.6 Å². The Hall–Kier alpha value is -3.94. The first kappa shape index (κ1) is 28.1. The van der Waals surface area contributed by atoms with Gasteiger partial charge in [-0.2, -0.15) is 13.2 Å². The average molecular weight is 555 g/mol. The van der Waals surface area contributed by atoms with E-state index < -0.39 is 53.3 Å². The van der Waals surface area contributed by atoms with E-state index in [1.807, 2.05) is 7.05 Å². The third kappa shape index (κ3) is 5.90. The number of phenols is 2. The predicted octanol–water partition coefficient (Wildman–Crippen LogP) is 3.79. The van der Waals surface area contributed by atoms with Gasteiger partial charge in [-0.05, 0) is 36.7 Å². The van der Waals surface area contributed by atoms with Crippen LogP contribution < -0.4 is 10.2 Å². The van der Waals surface area contributed by atoms with Gasteiger partial charge in [-0.1, -0.05) is 13.8 Å². The maximum absolute atomic E-state index is 15.6. The molecule has 4 rings (SSSR count). The first-order chi connectivity index (χ1) is 18.3. The van der Waals surface area contributed by atoms with E-state index in [1.165, 1.54) is 6.07 Å². The summed E-state index contributed by atoms with van der Waals surface area (Å²) >= 11 is 0. The SMILES string of the molecule is CC(C)c1cc(-c2nnc(C(=O)NCC(F)(F)F)n2-c2c(F)cc(N3CCN(C)CC3)cc2F)c(O)cc1O. The van der Waals surface area contributed by atoms with Gasteiger partial charge in [0.05, 0.1) is 5.56 Å². The van der Waals surface area contributed by atoms with Crippen molar-refractivity contribution in [3.05, 3.63) is 47.3 Å². The Kier molecular flexibility index (Phi) is 7.68. The summed E-state index contributed by atoms with van der Waals surface area (Å²) in [5, 5.41) is 29.8. The van der Waals surface area contributed by atoms with Crippen molar-refractivity contribution in [1.82, 2.24) is 25.0 Å². The molecule has 0 saturated carbocycles. The smallest absolute Gasteiger partial charge is 0.405 e. The Bertz CT molecular complexity index is 1360. The molecule has 0 spiro atoms. The van der Waals surface area contributed by atoms with Crippen LogP contribution in [0.15, 0.2) is 24.3 Å². The van der Waals surface area contributed by atoms with Gasteiger partial charge in [0.15, 0.2) is 17.5 Å². The lowest BCUT2D eigenvalue weighted by atomic mass is 9.98.